The maximum Gasteiger partial charge on any atom is 0.389 e. The van der Waals surface area contributed by atoms with Crippen LogP contribution in [0.2, 0.25) is 0 Å². The van der Waals surface area contributed by atoms with Gasteiger partial charge < -0.3 is 14.3 Å². The van der Waals surface area contributed by atoms with Gasteiger partial charge in [0.25, 0.3) is 0 Å². The lowest BCUT2D eigenvalue weighted by atomic mass is 10.1. The van der Waals surface area contributed by atoms with Crippen molar-refractivity contribution < 1.29 is 31.8 Å². The number of rotatable bonds is 7. The van der Waals surface area contributed by atoms with Crippen molar-refractivity contribution in [1.82, 2.24) is 10.2 Å². The first kappa shape index (κ1) is 18.2. The van der Waals surface area contributed by atoms with Crippen LogP contribution >= 0.6 is 0 Å². The third-order valence-electron chi connectivity index (χ3n) is 3.14. The third kappa shape index (κ3) is 5.48. The summed E-state index contributed by atoms with van der Waals surface area (Å²) in [4.78, 5) is 0. The summed E-state index contributed by atoms with van der Waals surface area (Å²) < 4.78 is 60.3. The van der Waals surface area contributed by atoms with E-state index in [1.54, 1.807) is 6.92 Å². The first-order valence-electron chi connectivity index (χ1n) is 7.20. The second-order valence-corrected chi connectivity index (χ2v) is 5.19. The lowest BCUT2D eigenvalue weighted by Gasteiger charge is -2.13. The van der Waals surface area contributed by atoms with Gasteiger partial charge in [-0.15, -0.1) is 10.2 Å². The van der Waals surface area contributed by atoms with Crippen molar-refractivity contribution in [3.63, 3.8) is 0 Å². The second kappa shape index (κ2) is 7.61. The van der Waals surface area contributed by atoms with E-state index in [4.69, 9.17) is 9.15 Å². The van der Waals surface area contributed by atoms with Crippen LogP contribution < -0.4 is 4.74 Å². The third-order valence-corrected chi connectivity index (χ3v) is 3.14. The molecule has 1 aromatic carbocycles. The summed E-state index contributed by atoms with van der Waals surface area (Å²) >= 11 is 0. The minimum atomic E-state index is -4.24. The fourth-order valence-electron chi connectivity index (χ4n) is 2.02. The largest absolute Gasteiger partial charge is 0.494 e. The molecule has 1 atom stereocenters. The van der Waals surface area contributed by atoms with Gasteiger partial charge in [0.2, 0.25) is 11.8 Å². The van der Waals surface area contributed by atoms with Crippen molar-refractivity contribution in [3.05, 3.63) is 41.4 Å². The predicted molar refractivity (Wildman–Crippen MR) is 74.9 cm³/mol. The molecule has 0 amide bonds. The molecule has 24 heavy (non-hydrogen) atoms. The molecule has 1 N–H and O–H groups in total. The zero-order valence-corrected chi connectivity index (χ0v) is 12.8. The molecule has 9 heteroatoms. The molecule has 2 aromatic rings. The monoisotopic (exact) mass is 348 g/mol. The molecule has 0 radical (unpaired) electrons. The SMILES string of the molecule is Cc1nnc(CC(O)c2cc(OCCCC(F)(F)F)ccc2F)o1. The van der Waals surface area contributed by atoms with Gasteiger partial charge in [-0.05, 0) is 24.6 Å². The van der Waals surface area contributed by atoms with E-state index in [9.17, 15) is 22.7 Å². The summed E-state index contributed by atoms with van der Waals surface area (Å²) in [7, 11) is 0. The summed E-state index contributed by atoms with van der Waals surface area (Å²) in [5.74, 6) is -0.0222. The number of aryl methyl sites for hydroxylation is 1. The highest BCUT2D eigenvalue weighted by Gasteiger charge is 2.26. The average molecular weight is 348 g/mol. The number of alkyl halides is 3. The van der Waals surface area contributed by atoms with Gasteiger partial charge in [-0.3, -0.25) is 0 Å². The van der Waals surface area contributed by atoms with Gasteiger partial charge >= 0.3 is 6.18 Å². The Hall–Kier alpha value is -2.16. The Labute approximate surface area is 135 Å². The van der Waals surface area contributed by atoms with Crippen LogP contribution in [0, 0.1) is 12.7 Å². The van der Waals surface area contributed by atoms with Gasteiger partial charge in [-0.1, -0.05) is 0 Å². The summed E-state index contributed by atoms with van der Waals surface area (Å²) in [6.45, 7) is 1.42. The number of hydrogen-bond donors (Lipinski definition) is 1. The summed E-state index contributed by atoms with van der Waals surface area (Å²) in [5, 5.41) is 17.4. The number of ether oxygens (including phenoxy) is 1. The van der Waals surface area contributed by atoms with E-state index in [-0.39, 0.29) is 36.7 Å². The van der Waals surface area contributed by atoms with E-state index in [0.717, 1.165) is 6.07 Å². The van der Waals surface area contributed by atoms with Crippen molar-refractivity contribution in [2.24, 2.45) is 0 Å². The molecular weight excluding hydrogens is 332 g/mol. The molecule has 132 valence electrons. The Balaban J connectivity index is 1.97. The van der Waals surface area contributed by atoms with Gasteiger partial charge in [-0.2, -0.15) is 13.2 Å². The lowest BCUT2D eigenvalue weighted by molar-refractivity contribution is -0.136. The molecule has 0 spiro atoms. The molecule has 0 bridgehead atoms. The van der Waals surface area contributed by atoms with E-state index in [1.165, 1.54) is 12.1 Å². The maximum atomic E-state index is 13.8. The van der Waals surface area contributed by atoms with Crippen LogP contribution in [0.3, 0.4) is 0 Å². The Morgan fingerprint density at radius 2 is 2.04 bits per heavy atom. The lowest BCUT2D eigenvalue weighted by Crippen LogP contribution is -2.10. The smallest absolute Gasteiger partial charge is 0.389 e. The Morgan fingerprint density at radius 3 is 2.67 bits per heavy atom. The van der Waals surface area contributed by atoms with Gasteiger partial charge in [0.15, 0.2) is 0 Å². The van der Waals surface area contributed by atoms with Gasteiger partial charge in [-0.25, -0.2) is 4.39 Å². The molecule has 2 rings (SSSR count). The number of aromatic nitrogens is 2. The Morgan fingerprint density at radius 1 is 1.29 bits per heavy atom. The highest BCUT2D eigenvalue weighted by Crippen LogP contribution is 2.26. The van der Waals surface area contributed by atoms with Crippen LogP contribution in [0.15, 0.2) is 22.6 Å². The van der Waals surface area contributed by atoms with E-state index >= 15 is 0 Å². The molecule has 1 aromatic heterocycles. The van der Waals surface area contributed by atoms with Crippen molar-refractivity contribution >= 4 is 0 Å². The number of halogens is 4. The summed E-state index contributed by atoms with van der Waals surface area (Å²) in [6.07, 6.45) is -6.74. The van der Waals surface area contributed by atoms with Crippen LogP contribution in [-0.4, -0.2) is 28.1 Å². The first-order chi connectivity index (χ1) is 11.2. The summed E-state index contributed by atoms with van der Waals surface area (Å²) in [5.41, 5.74) is -0.0563. The molecule has 1 unspecified atom stereocenters. The summed E-state index contributed by atoms with van der Waals surface area (Å²) in [6, 6.07) is 3.61. The molecule has 0 saturated carbocycles. The fraction of sp³-hybridized carbons (Fsp3) is 0.467. The quantitative estimate of drug-likeness (QED) is 0.613. The Bertz CT molecular complexity index is 673. The minimum absolute atomic E-state index is 0.0563. The number of hydrogen-bond acceptors (Lipinski definition) is 5. The van der Waals surface area contributed by atoms with E-state index in [2.05, 4.69) is 10.2 Å². The number of benzene rings is 1. The zero-order chi connectivity index (χ0) is 17.7. The molecule has 1 heterocycles. The molecular formula is C15H16F4N2O3. The first-order valence-corrected chi connectivity index (χ1v) is 7.20. The van der Waals surface area contributed by atoms with E-state index < -0.39 is 24.5 Å². The van der Waals surface area contributed by atoms with Crippen molar-refractivity contribution in [2.75, 3.05) is 6.61 Å². The van der Waals surface area contributed by atoms with Crippen molar-refractivity contribution in [2.45, 2.75) is 38.5 Å². The van der Waals surface area contributed by atoms with Crippen molar-refractivity contribution in [3.8, 4) is 5.75 Å². The Kier molecular flexibility index (Phi) is 5.76. The zero-order valence-electron chi connectivity index (χ0n) is 12.8. The maximum absolute atomic E-state index is 13.8. The van der Waals surface area contributed by atoms with Gasteiger partial charge in [0.1, 0.15) is 11.6 Å². The van der Waals surface area contributed by atoms with Crippen LogP contribution in [0.1, 0.15) is 36.3 Å². The molecule has 0 aliphatic rings. The molecule has 0 aliphatic carbocycles. The topological polar surface area (TPSA) is 68.4 Å². The second-order valence-electron chi connectivity index (χ2n) is 5.19. The highest BCUT2D eigenvalue weighted by molar-refractivity contribution is 5.31. The normalized spacial score (nSPS) is 13.1. The van der Waals surface area contributed by atoms with Crippen LogP contribution in [0.25, 0.3) is 0 Å². The van der Waals surface area contributed by atoms with Crippen LogP contribution in [0.4, 0.5) is 17.6 Å². The van der Waals surface area contributed by atoms with Gasteiger partial charge in [0, 0.05) is 18.9 Å². The number of aliphatic hydroxyl groups is 1. The molecule has 0 fully saturated rings. The van der Waals surface area contributed by atoms with Gasteiger partial charge in [0.05, 0.1) is 19.1 Å². The average Bonchev–Trinajstić information content (AvgIpc) is 2.89. The van der Waals surface area contributed by atoms with Crippen LogP contribution in [-0.2, 0) is 6.42 Å². The highest BCUT2D eigenvalue weighted by atomic mass is 19.4. The standard InChI is InChI=1S/C15H16F4N2O3/c1-9-20-21-14(24-9)8-13(22)11-7-10(3-4-12(11)16)23-6-2-5-15(17,18)19/h3-4,7,13,22H,2,5-6,8H2,1H3. The van der Waals surface area contributed by atoms with Crippen LogP contribution in [0.5, 0.6) is 5.75 Å². The number of aliphatic hydroxyl groups excluding tert-OH is 1. The van der Waals surface area contributed by atoms with E-state index in [1.807, 2.05) is 0 Å². The fourth-order valence-corrected chi connectivity index (χ4v) is 2.02. The minimum Gasteiger partial charge on any atom is -0.494 e. The van der Waals surface area contributed by atoms with E-state index in [0.29, 0.717) is 5.89 Å². The predicted octanol–water partition coefficient (Wildman–Crippen LogP) is 3.51. The molecule has 0 aliphatic heterocycles. The number of nitrogens with zero attached hydrogens (tertiary/aromatic N) is 2. The molecule has 5 nitrogen and oxygen atoms in total. The molecule has 0 saturated heterocycles. The van der Waals surface area contributed by atoms with Crippen molar-refractivity contribution in [1.29, 1.82) is 0 Å².